The molecule has 2 unspecified atom stereocenters. The Morgan fingerprint density at radius 2 is 2.00 bits per heavy atom. The van der Waals surface area contributed by atoms with E-state index in [2.05, 4.69) is 31.3 Å². The number of methoxy groups -OCH3 is 1. The fourth-order valence-electron chi connectivity index (χ4n) is 2.51. The van der Waals surface area contributed by atoms with Gasteiger partial charge in [0.2, 0.25) is 0 Å². The van der Waals surface area contributed by atoms with Crippen molar-refractivity contribution in [3.63, 3.8) is 0 Å². The maximum atomic E-state index is 5.66. The van der Waals surface area contributed by atoms with Crippen molar-refractivity contribution in [1.82, 2.24) is 5.32 Å². The van der Waals surface area contributed by atoms with Gasteiger partial charge in [-0.1, -0.05) is 26.0 Å². The summed E-state index contributed by atoms with van der Waals surface area (Å²) >= 11 is 0. The molecular formula is C14H22N2O. The number of hydrogen-bond donors (Lipinski definition) is 2. The van der Waals surface area contributed by atoms with Crippen molar-refractivity contribution in [1.29, 1.82) is 0 Å². The Labute approximate surface area is 103 Å². The summed E-state index contributed by atoms with van der Waals surface area (Å²) in [5, 5.41) is 3.59. The lowest BCUT2D eigenvalue weighted by molar-refractivity contribution is -0.0979. The summed E-state index contributed by atoms with van der Waals surface area (Å²) in [4.78, 5) is 0. The predicted octanol–water partition coefficient (Wildman–Crippen LogP) is 2.17. The third-order valence-corrected chi connectivity index (χ3v) is 3.99. The molecule has 1 aromatic rings. The summed E-state index contributed by atoms with van der Waals surface area (Å²) in [5.41, 5.74) is 7.98. The maximum Gasteiger partial charge on any atom is 0.0652 e. The lowest BCUT2D eigenvalue weighted by atomic mass is 9.64. The van der Waals surface area contributed by atoms with Gasteiger partial charge in [0.1, 0.15) is 0 Å². The van der Waals surface area contributed by atoms with E-state index >= 15 is 0 Å². The van der Waals surface area contributed by atoms with Crippen molar-refractivity contribution < 1.29 is 4.74 Å². The molecule has 0 bridgehead atoms. The summed E-state index contributed by atoms with van der Waals surface area (Å²) in [5.74, 6) is 0. The first kappa shape index (κ1) is 12.4. The summed E-state index contributed by atoms with van der Waals surface area (Å²) in [7, 11) is 1.79. The molecule has 0 heterocycles. The van der Waals surface area contributed by atoms with E-state index < -0.39 is 0 Å². The summed E-state index contributed by atoms with van der Waals surface area (Å²) in [6, 6.07) is 8.57. The van der Waals surface area contributed by atoms with Crippen LogP contribution in [0.2, 0.25) is 0 Å². The van der Waals surface area contributed by atoms with E-state index in [9.17, 15) is 0 Å². The van der Waals surface area contributed by atoms with Crippen LogP contribution < -0.4 is 11.1 Å². The van der Waals surface area contributed by atoms with Crippen LogP contribution in [0.4, 0.5) is 5.69 Å². The number of benzene rings is 1. The number of nitrogens with one attached hydrogen (secondary N) is 1. The van der Waals surface area contributed by atoms with Gasteiger partial charge in [-0.2, -0.15) is 0 Å². The maximum absolute atomic E-state index is 5.66. The second kappa shape index (κ2) is 4.67. The minimum Gasteiger partial charge on any atom is -0.399 e. The molecule has 3 nitrogen and oxygen atoms in total. The van der Waals surface area contributed by atoms with Crippen LogP contribution in [0.3, 0.4) is 0 Å². The second-order valence-corrected chi connectivity index (χ2v) is 5.46. The molecule has 94 valence electrons. The Hall–Kier alpha value is -1.06. The van der Waals surface area contributed by atoms with Gasteiger partial charge >= 0.3 is 0 Å². The molecule has 0 radical (unpaired) electrons. The fourth-order valence-corrected chi connectivity index (χ4v) is 2.51. The van der Waals surface area contributed by atoms with E-state index in [4.69, 9.17) is 10.5 Å². The molecule has 17 heavy (non-hydrogen) atoms. The van der Waals surface area contributed by atoms with Crippen molar-refractivity contribution in [3.05, 3.63) is 29.8 Å². The van der Waals surface area contributed by atoms with Gasteiger partial charge in [-0.3, -0.25) is 0 Å². The molecule has 0 aromatic heterocycles. The number of rotatable bonds is 4. The van der Waals surface area contributed by atoms with Gasteiger partial charge in [-0.15, -0.1) is 0 Å². The van der Waals surface area contributed by atoms with E-state index in [1.54, 1.807) is 7.11 Å². The Kier molecular flexibility index (Phi) is 3.40. The largest absolute Gasteiger partial charge is 0.399 e. The molecule has 0 amide bonds. The van der Waals surface area contributed by atoms with Crippen LogP contribution in [0.1, 0.15) is 25.8 Å². The Morgan fingerprint density at radius 1 is 1.35 bits per heavy atom. The van der Waals surface area contributed by atoms with Crippen molar-refractivity contribution in [3.8, 4) is 0 Å². The highest BCUT2D eigenvalue weighted by Gasteiger charge is 2.48. The van der Waals surface area contributed by atoms with E-state index in [0.717, 1.165) is 18.7 Å². The van der Waals surface area contributed by atoms with Crippen molar-refractivity contribution in [2.45, 2.75) is 39.0 Å². The molecule has 1 fully saturated rings. The zero-order valence-corrected chi connectivity index (χ0v) is 10.9. The quantitative estimate of drug-likeness (QED) is 0.785. The molecule has 1 aliphatic rings. The molecule has 2 rings (SSSR count). The molecule has 1 aromatic carbocycles. The average molecular weight is 234 g/mol. The second-order valence-electron chi connectivity index (χ2n) is 5.46. The fraction of sp³-hybridized carbons (Fsp3) is 0.571. The van der Waals surface area contributed by atoms with E-state index in [0.29, 0.717) is 12.1 Å². The number of nitrogens with two attached hydrogens (primary N) is 1. The highest BCUT2D eigenvalue weighted by Crippen LogP contribution is 2.42. The molecule has 0 aliphatic heterocycles. The van der Waals surface area contributed by atoms with Crippen LogP contribution in [-0.2, 0) is 11.3 Å². The van der Waals surface area contributed by atoms with Crippen molar-refractivity contribution in [2.75, 3.05) is 12.8 Å². The zero-order valence-electron chi connectivity index (χ0n) is 10.9. The highest BCUT2D eigenvalue weighted by molar-refractivity contribution is 5.39. The average Bonchev–Trinajstić information content (AvgIpc) is 2.30. The molecular weight excluding hydrogens is 212 g/mol. The smallest absolute Gasteiger partial charge is 0.0652 e. The molecule has 3 heteroatoms. The number of ether oxygens (including phenoxy) is 1. The lowest BCUT2D eigenvalue weighted by Gasteiger charge is -2.51. The minimum atomic E-state index is 0.225. The van der Waals surface area contributed by atoms with Crippen LogP contribution in [0.15, 0.2) is 24.3 Å². The topological polar surface area (TPSA) is 47.3 Å². The van der Waals surface area contributed by atoms with E-state index in [-0.39, 0.29) is 5.41 Å². The van der Waals surface area contributed by atoms with Crippen LogP contribution in [0.25, 0.3) is 0 Å². The first-order chi connectivity index (χ1) is 8.04. The van der Waals surface area contributed by atoms with Gasteiger partial charge < -0.3 is 15.8 Å². The van der Waals surface area contributed by atoms with E-state index in [1.807, 2.05) is 12.1 Å². The summed E-state index contributed by atoms with van der Waals surface area (Å²) < 4.78 is 5.44. The predicted molar refractivity (Wildman–Crippen MR) is 70.7 cm³/mol. The minimum absolute atomic E-state index is 0.225. The first-order valence-corrected chi connectivity index (χ1v) is 6.14. The van der Waals surface area contributed by atoms with Gasteiger partial charge in [0.05, 0.1) is 6.10 Å². The Morgan fingerprint density at radius 3 is 2.53 bits per heavy atom. The van der Waals surface area contributed by atoms with Gasteiger partial charge in [0.15, 0.2) is 0 Å². The van der Waals surface area contributed by atoms with Crippen LogP contribution in [0.5, 0.6) is 0 Å². The van der Waals surface area contributed by atoms with E-state index in [1.165, 1.54) is 5.56 Å². The summed E-state index contributed by atoms with van der Waals surface area (Å²) in [6.45, 7) is 5.40. The normalized spacial score (nSPS) is 26.5. The SMILES string of the molecule is COC1CC(NCc2ccc(N)cc2)C1(C)C. The third kappa shape index (κ3) is 2.45. The van der Waals surface area contributed by atoms with Crippen LogP contribution in [0, 0.1) is 5.41 Å². The zero-order chi connectivity index (χ0) is 12.5. The number of hydrogen-bond acceptors (Lipinski definition) is 3. The van der Waals surface area contributed by atoms with Gasteiger partial charge in [-0.25, -0.2) is 0 Å². The van der Waals surface area contributed by atoms with Crippen LogP contribution >= 0.6 is 0 Å². The lowest BCUT2D eigenvalue weighted by Crippen LogP contribution is -2.60. The van der Waals surface area contributed by atoms with Crippen LogP contribution in [-0.4, -0.2) is 19.3 Å². The standard InChI is InChI=1S/C14H22N2O/c1-14(2)12(8-13(14)17-3)16-9-10-4-6-11(15)7-5-10/h4-7,12-13,16H,8-9,15H2,1-3H3. The Balaban J connectivity index is 1.86. The highest BCUT2D eigenvalue weighted by atomic mass is 16.5. The third-order valence-electron chi connectivity index (χ3n) is 3.99. The number of nitrogen functional groups attached to an aromatic ring is 1. The molecule has 0 spiro atoms. The van der Waals surface area contributed by atoms with Gasteiger partial charge in [-0.05, 0) is 24.1 Å². The molecule has 2 atom stereocenters. The van der Waals surface area contributed by atoms with Gasteiger partial charge in [0, 0.05) is 30.8 Å². The Bertz CT molecular complexity index is 372. The molecule has 0 saturated heterocycles. The first-order valence-electron chi connectivity index (χ1n) is 6.14. The number of anilines is 1. The molecule has 1 saturated carbocycles. The van der Waals surface area contributed by atoms with Crippen molar-refractivity contribution >= 4 is 5.69 Å². The van der Waals surface area contributed by atoms with Gasteiger partial charge in [0.25, 0.3) is 0 Å². The summed E-state index contributed by atoms with van der Waals surface area (Å²) in [6.07, 6.45) is 1.48. The molecule has 1 aliphatic carbocycles. The molecule has 3 N–H and O–H groups in total. The van der Waals surface area contributed by atoms with Crippen molar-refractivity contribution in [2.24, 2.45) is 5.41 Å². The monoisotopic (exact) mass is 234 g/mol.